The van der Waals surface area contributed by atoms with Crippen molar-refractivity contribution in [2.24, 2.45) is 10.9 Å². The molecule has 1 aromatic carbocycles. The third-order valence-corrected chi connectivity index (χ3v) is 1.96. The second-order valence-corrected chi connectivity index (χ2v) is 3.02. The maximum atomic E-state index is 13.0. The summed E-state index contributed by atoms with van der Waals surface area (Å²) in [6.45, 7) is 0. The van der Waals surface area contributed by atoms with Crippen LogP contribution < -0.4 is 5.84 Å². The topological polar surface area (TPSA) is 38.4 Å². The Morgan fingerprint density at radius 2 is 1.93 bits per heavy atom. The smallest absolute Gasteiger partial charge is 0.323 e. The van der Waals surface area contributed by atoms with Gasteiger partial charge in [-0.05, 0) is 17.7 Å². The molecule has 0 atom stereocenters. The van der Waals surface area contributed by atoms with Gasteiger partial charge >= 0.3 is 6.18 Å². The Hall–Kier alpha value is -1.30. The zero-order valence-corrected chi connectivity index (χ0v) is 7.90. The number of benzene rings is 1. The molecule has 0 bridgehead atoms. The summed E-state index contributed by atoms with van der Waals surface area (Å²) in [5.41, 5.74) is -1.36. The fourth-order valence-corrected chi connectivity index (χ4v) is 1.19. The number of nitrogens with two attached hydrogens (primary N) is 1. The van der Waals surface area contributed by atoms with Crippen molar-refractivity contribution in [1.82, 2.24) is 0 Å². The van der Waals surface area contributed by atoms with Crippen LogP contribution in [0.3, 0.4) is 0 Å². The van der Waals surface area contributed by atoms with Gasteiger partial charge in [-0.3, -0.25) is 0 Å². The maximum Gasteiger partial charge on any atom is 0.417 e. The molecule has 0 saturated carbocycles. The molecule has 0 aliphatic heterocycles. The van der Waals surface area contributed by atoms with E-state index in [2.05, 4.69) is 5.10 Å². The lowest BCUT2D eigenvalue weighted by atomic mass is 10.1. The second-order valence-electron chi connectivity index (χ2n) is 2.64. The van der Waals surface area contributed by atoms with Crippen LogP contribution in [0.2, 0.25) is 5.02 Å². The molecule has 1 rings (SSSR count). The van der Waals surface area contributed by atoms with Gasteiger partial charge < -0.3 is 5.84 Å². The number of halogens is 5. The van der Waals surface area contributed by atoms with Gasteiger partial charge in [0, 0.05) is 0 Å². The average molecular weight is 241 g/mol. The van der Waals surface area contributed by atoms with E-state index in [1.807, 2.05) is 0 Å². The summed E-state index contributed by atoms with van der Waals surface area (Å²) < 4.78 is 49.9. The number of hydrogen-bond acceptors (Lipinski definition) is 2. The number of hydrazone groups is 1. The molecule has 2 nitrogen and oxygen atoms in total. The first-order valence-corrected chi connectivity index (χ1v) is 4.03. The van der Waals surface area contributed by atoms with Gasteiger partial charge in [-0.15, -0.1) is 0 Å². The molecule has 0 amide bonds. The highest BCUT2D eigenvalue weighted by Gasteiger charge is 2.34. The third-order valence-electron chi connectivity index (χ3n) is 1.58. The van der Waals surface area contributed by atoms with Crippen molar-refractivity contribution < 1.29 is 17.6 Å². The summed E-state index contributed by atoms with van der Waals surface area (Å²) in [7, 11) is 0. The minimum absolute atomic E-state index is 0.105. The van der Waals surface area contributed by atoms with Gasteiger partial charge in [0.2, 0.25) is 0 Å². The lowest BCUT2D eigenvalue weighted by molar-refractivity contribution is -0.137. The lowest BCUT2D eigenvalue weighted by Gasteiger charge is -2.10. The number of alkyl halides is 3. The third kappa shape index (κ3) is 2.59. The zero-order chi connectivity index (χ0) is 11.6. The van der Waals surface area contributed by atoms with Crippen molar-refractivity contribution in [3.63, 3.8) is 0 Å². The Labute approximate surface area is 87.3 Å². The molecule has 1 aromatic rings. The maximum absolute atomic E-state index is 13.0. The van der Waals surface area contributed by atoms with Crippen LogP contribution in [-0.4, -0.2) is 6.21 Å². The highest BCUT2D eigenvalue weighted by Crippen LogP contribution is 2.36. The Morgan fingerprint density at radius 3 is 2.40 bits per heavy atom. The van der Waals surface area contributed by atoms with Crippen LogP contribution in [0.15, 0.2) is 17.2 Å². The van der Waals surface area contributed by atoms with Gasteiger partial charge in [0.15, 0.2) is 0 Å². The van der Waals surface area contributed by atoms with Crippen molar-refractivity contribution >= 4 is 17.8 Å². The van der Waals surface area contributed by atoms with Crippen LogP contribution in [0.5, 0.6) is 0 Å². The minimum atomic E-state index is -4.71. The molecule has 7 heteroatoms. The Bertz CT molecular complexity index is 400. The normalized spacial score (nSPS) is 12.3. The molecule has 15 heavy (non-hydrogen) atoms. The Kier molecular flexibility index (Phi) is 3.18. The van der Waals surface area contributed by atoms with Gasteiger partial charge in [-0.1, -0.05) is 11.6 Å². The van der Waals surface area contributed by atoms with E-state index < -0.39 is 22.6 Å². The molecular weight excluding hydrogens is 236 g/mol. The number of nitrogens with zero attached hydrogens (tertiary/aromatic N) is 1. The van der Waals surface area contributed by atoms with Crippen molar-refractivity contribution in [2.45, 2.75) is 6.18 Å². The fraction of sp³-hybridized carbons (Fsp3) is 0.125. The average Bonchev–Trinajstić information content (AvgIpc) is 2.09. The Morgan fingerprint density at radius 1 is 1.33 bits per heavy atom. The van der Waals surface area contributed by atoms with E-state index in [0.717, 1.165) is 12.3 Å². The van der Waals surface area contributed by atoms with Crippen LogP contribution in [0.4, 0.5) is 17.6 Å². The molecule has 0 spiro atoms. The van der Waals surface area contributed by atoms with Crippen LogP contribution in [0.25, 0.3) is 0 Å². The summed E-state index contributed by atoms with van der Waals surface area (Å²) in [5, 5.41) is 2.04. The molecule has 0 radical (unpaired) electrons. The molecule has 0 aromatic heterocycles. The summed E-state index contributed by atoms with van der Waals surface area (Å²) >= 11 is 5.18. The van der Waals surface area contributed by atoms with E-state index in [1.54, 1.807) is 0 Å². The second kappa shape index (κ2) is 4.06. The van der Waals surface area contributed by atoms with E-state index in [-0.39, 0.29) is 5.56 Å². The van der Waals surface area contributed by atoms with E-state index in [9.17, 15) is 17.6 Å². The van der Waals surface area contributed by atoms with Gasteiger partial charge in [-0.2, -0.15) is 18.3 Å². The van der Waals surface area contributed by atoms with Gasteiger partial charge in [-0.25, -0.2) is 4.39 Å². The van der Waals surface area contributed by atoms with Crippen LogP contribution in [0.1, 0.15) is 11.1 Å². The van der Waals surface area contributed by atoms with Gasteiger partial charge in [0.1, 0.15) is 5.82 Å². The van der Waals surface area contributed by atoms with E-state index in [4.69, 9.17) is 17.4 Å². The van der Waals surface area contributed by atoms with Crippen LogP contribution in [0, 0.1) is 5.82 Å². The monoisotopic (exact) mass is 240 g/mol. The molecule has 82 valence electrons. The zero-order valence-electron chi connectivity index (χ0n) is 7.15. The fourth-order valence-electron chi connectivity index (χ4n) is 0.977. The predicted molar refractivity (Wildman–Crippen MR) is 48.2 cm³/mol. The van der Waals surface area contributed by atoms with Gasteiger partial charge in [0.25, 0.3) is 0 Å². The minimum Gasteiger partial charge on any atom is -0.323 e. The van der Waals surface area contributed by atoms with Crippen molar-refractivity contribution in [3.05, 3.63) is 34.1 Å². The molecule has 0 fully saturated rings. The molecule has 0 heterocycles. The summed E-state index contributed by atoms with van der Waals surface area (Å²) in [5.74, 6) is 3.58. The summed E-state index contributed by atoms with van der Waals surface area (Å²) in [6, 6.07) is 1.48. The summed E-state index contributed by atoms with van der Waals surface area (Å²) in [6.07, 6.45) is -3.81. The first kappa shape index (κ1) is 11.8. The van der Waals surface area contributed by atoms with E-state index in [1.165, 1.54) is 0 Å². The van der Waals surface area contributed by atoms with Crippen molar-refractivity contribution in [2.75, 3.05) is 0 Å². The largest absolute Gasteiger partial charge is 0.417 e. The highest BCUT2D eigenvalue weighted by molar-refractivity contribution is 6.31. The highest BCUT2D eigenvalue weighted by atomic mass is 35.5. The van der Waals surface area contributed by atoms with Gasteiger partial charge in [0.05, 0.1) is 16.8 Å². The van der Waals surface area contributed by atoms with E-state index in [0.29, 0.717) is 6.07 Å². The standard InChI is InChI=1S/C8H5ClF4N2/c9-7-5(8(11,12)13)1-4(3-15-14)2-6(7)10/h1-3H,14H2. The molecule has 0 aliphatic carbocycles. The Balaban J connectivity index is 3.38. The van der Waals surface area contributed by atoms with Crippen LogP contribution in [-0.2, 0) is 6.18 Å². The molecule has 2 N–H and O–H groups in total. The lowest BCUT2D eigenvalue weighted by Crippen LogP contribution is -2.08. The van der Waals surface area contributed by atoms with E-state index >= 15 is 0 Å². The van der Waals surface area contributed by atoms with Crippen LogP contribution >= 0.6 is 11.6 Å². The first-order valence-electron chi connectivity index (χ1n) is 3.65. The number of hydrogen-bond donors (Lipinski definition) is 1. The first-order chi connectivity index (χ1) is 6.86. The quantitative estimate of drug-likeness (QED) is 0.349. The number of rotatable bonds is 1. The van der Waals surface area contributed by atoms with Crippen molar-refractivity contribution in [3.8, 4) is 0 Å². The molecular formula is C8H5ClF4N2. The van der Waals surface area contributed by atoms with Crippen molar-refractivity contribution in [1.29, 1.82) is 0 Å². The SMILES string of the molecule is NN=Cc1cc(F)c(Cl)c(C(F)(F)F)c1. The predicted octanol–water partition coefficient (Wildman–Crippen LogP) is 2.79. The molecule has 0 aliphatic rings. The molecule has 0 saturated heterocycles. The molecule has 0 unspecified atom stereocenters. The summed E-state index contributed by atoms with van der Waals surface area (Å²) in [4.78, 5) is 0.